The quantitative estimate of drug-likeness (QED) is 0.143. The van der Waals surface area contributed by atoms with Crippen molar-refractivity contribution in [2.45, 2.75) is 98.1 Å². The molecule has 2 heterocycles. The lowest BCUT2D eigenvalue weighted by Crippen LogP contribution is -2.66. The van der Waals surface area contributed by atoms with Gasteiger partial charge in [0, 0.05) is 34.1 Å². The SMILES string of the molecule is CC(C)c1cc(C(C)C)c(B2c3ccccc3N(c3ccccc3)c3cc(N4c5ccccc5[Si](C(C)C)(C(C)C)c5ccccc54)ccc32)c(C(C)C)c1. The summed E-state index contributed by atoms with van der Waals surface area (Å²) in [5.41, 5.74) is 17.3. The van der Waals surface area contributed by atoms with Crippen molar-refractivity contribution in [1.29, 1.82) is 0 Å². The number of hydrogen-bond donors (Lipinski definition) is 0. The Morgan fingerprint density at radius 2 is 0.891 bits per heavy atom. The fourth-order valence-electron chi connectivity index (χ4n) is 10.4. The van der Waals surface area contributed by atoms with Gasteiger partial charge in [0.2, 0.25) is 6.71 Å². The summed E-state index contributed by atoms with van der Waals surface area (Å²) >= 11 is 0. The Labute approximate surface area is 332 Å². The molecule has 0 radical (unpaired) electrons. The number of anilines is 6. The summed E-state index contributed by atoms with van der Waals surface area (Å²) in [6, 6.07) is 51.3. The molecule has 8 rings (SSSR count). The Kier molecular flexibility index (Phi) is 9.70. The van der Waals surface area contributed by atoms with Crippen molar-refractivity contribution in [3.05, 3.63) is 150 Å². The van der Waals surface area contributed by atoms with Crippen LogP contribution in [0.4, 0.5) is 34.1 Å². The maximum Gasteiger partial charge on any atom is 0.247 e. The standard InChI is InChI=1S/C51H57BN2Si/c1-33(2)38-30-41(34(3)4)51(42(31-38)35(5)6)52-43-22-14-15-23-45(43)53(39-20-12-11-13-21-39)48-32-40(28-29-44(48)52)54-46-24-16-18-26-49(46)55(36(7)8,37(9)10)50-27-19-17-25-47(50)54/h11-37H,1-10H3. The largest absolute Gasteiger partial charge is 0.311 e. The highest BCUT2D eigenvalue weighted by molar-refractivity contribution is 7.06. The molecule has 0 bridgehead atoms. The average molecular weight is 737 g/mol. The number of nitrogens with zero attached hydrogens (tertiary/aromatic N) is 2. The van der Waals surface area contributed by atoms with Gasteiger partial charge in [0.15, 0.2) is 0 Å². The first-order valence-electron chi connectivity index (χ1n) is 20.7. The Morgan fingerprint density at radius 3 is 1.42 bits per heavy atom. The number of rotatable bonds is 8. The fourth-order valence-corrected chi connectivity index (χ4v) is 16.4. The predicted octanol–water partition coefficient (Wildman–Crippen LogP) is 11.5. The van der Waals surface area contributed by atoms with Crippen LogP contribution in [-0.2, 0) is 0 Å². The molecule has 0 N–H and O–H groups in total. The maximum atomic E-state index is 2.58. The van der Waals surface area contributed by atoms with Crippen LogP contribution in [0.5, 0.6) is 0 Å². The summed E-state index contributed by atoms with van der Waals surface area (Å²) in [5, 5.41) is 3.10. The van der Waals surface area contributed by atoms with Crippen LogP contribution in [0.3, 0.4) is 0 Å². The van der Waals surface area contributed by atoms with Crippen molar-refractivity contribution < 1.29 is 0 Å². The van der Waals surface area contributed by atoms with E-state index in [0.717, 1.165) is 0 Å². The summed E-state index contributed by atoms with van der Waals surface area (Å²) in [7, 11) is -2.15. The fraction of sp³-hybridized carbons (Fsp3) is 0.294. The van der Waals surface area contributed by atoms with Crippen molar-refractivity contribution in [3.8, 4) is 0 Å². The Bertz CT molecular complexity index is 2270. The second kappa shape index (κ2) is 14.4. The molecule has 0 atom stereocenters. The van der Waals surface area contributed by atoms with Crippen LogP contribution in [0.1, 0.15) is 104 Å². The van der Waals surface area contributed by atoms with Crippen LogP contribution in [0, 0.1) is 0 Å². The van der Waals surface area contributed by atoms with Crippen LogP contribution in [0.15, 0.2) is 133 Å². The minimum Gasteiger partial charge on any atom is -0.311 e. The van der Waals surface area contributed by atoms with E-state index in [1.807, 2.05) is 0 Å². The van der Waals surface area contributed by atoms with Gasteiger partial charge in [0.1, 0.15) is 8.07 Å². The van der Waals surface area contributed by atoms with E-state index in [2.05, 4.69) is 212 Å². The first-order chi connectivity index (χ1) is 26.5. The third kappa shape index (κ3) is 5.82. The number of benzene rings is 6. The van der Waals surface area contributed by atoms with Gasteiger partial charge in [-0.05, 0) is 109 Å². The lowest BCUT2D eigenvalue weighted by Gasteiger charge is -2.49. The van der Waals surface area contributed by atoms with Crippen molar-refractivity contribution >= 4 is 75.7 Å². The molecule has 0 fully saturated rings. The van der Waals surface area contributed by atoms with Gasteiger partial charge < -0.3 is 9.80 Å². The van der Waals surface area contributed by atoms with E-state index < -0.39 is 8.07 Å². The molecule has 55 heavy (non-hydrogen) atoms. The molecule has 0 amide bonds. The van der Waals surface area contributed by atoms with Gasteiger partial charge in [-0.25, -0.2) is 0 Å². The third-order valence-electron chi connectivity index (χ3n) is 12.8. The van der Waals surface area contributed by atoms with Gasteiger partial charge >= 0.3 is 0 Å². The van der Waals surface area contributed by atoms with Gasteiger partial charge in [0.25, 0.3) is 0 Å². The van der Waals surface area contributed by atoms with Crippen LogP contribution in [-0.4, -0.2) is 14.8 Å². The smallest absolute Gasteiger partial charge is 0.247 e. The zero-order chi connectivity index (χ0) is 38.8. The predicted molar refractivity (Wildman–Crippen MR) is 244 cm³/mol. The topological polar surface area (TPSA) is 6.48 Å². The molecule has 6 aromatic carbocycles. The van der Waals surface area contributed by atoms with E-state index in [0.29, 0.717) is 28.8 Å². The van der Waals surface area contributed by atoms with E-state index in [1.54, 1.807) is 10.4 Å². The van der Waals surface area contributed by atoms with Crippen LogP contribution in [0.2, 0.25) is 11.1 Å². The molecule has 0 spiro atoms. The molecule has 0 unspecified atom stereocenters. The van der Waals surface area contributed by atoms with Gasteiger partial charge in [-0.1, -0.05) is 166 Å². The normalized spacial score (nSPS) is 14.5. The lowest BCUT2D eigenvalue weighted by atomic mass is 9.33. The molecule has 0 saturated carbocycles. The molecule has 0 aliphatic carbocycles. The van der Waals surface area contributed by atoms with Crippen LogP contribution >= 0.6 is 0 Å². The van der Waals surface area contributed by atoms with E-state index in [9.17, 15) is 0 Å². The molecule has 0 aromatic heterocycles. The van der Waals surface area contributed by atoms with Gasteiger partial charge in [-0.2, -0.15) is 0 Å². The highest BCUT2D eigenvalue weighted by atomic mass is 28.3. The van der Waals surface area contributed by atoms with Crippen LogP contribution in [0.25, 0.3) is 0 Å². The van der Waals surface area contributed by atoms with Gasteiger partial charge in [-0.3, -0.25) is 0 Å². The van der Waals surface area contributed by atoms with Crippen molar-refractivity contribution in [2.75, 3.05) is 9.80 Å². The van der Waals surface area contributed by atoms with Gasteiger partial charge in [-0.15, -0.1) is 0 Å². The molecular weight excluding hydrogens is 679 g/mol. The Balaban J connectivity index is 1.44. The lowest BCUT2D eigenvalue weighted by molar-refractivity contribution is 0.812. The molecule has 4 heteroatoms. The third-order valence-corrected chi connectivity index (χ3v) is 19.1. The summed E-state index contributed by atoms with van der Waals surface area (Å²) in [5.74, 6) is 1.25. The summed E-state index contributed by atoms with van der Waals surface area (Å²) in [6.45, 7) is 24.1. The zero-order valence-corrected chi connectivity index (χ0v) is 35.6. The summed E-state index contributed by atoms with van der Waals surface area (Å²) < 4.78 is 0. The average Bonchev–Trinajstić information content (AvgIpc) is 3.18. The number of hydrogen-bond acceptors (Lipinski definition) is 2. The van der Waals surface area contributed by atoms with E-state index in [-0.39, 0.29) is 6.71 Å². The summed E-state index contributed by atoms with van der Waals surface area (Å²) in [4.78, 5) is 5.11. The minimum atomic E-state index is -2.15. The minimum absolute atomic E-state index is 0.0964. The first-order valence-corrected chi connectivity index (χ1v) is 22.9. The molecule has 6 aromatic rings. The molecule has 2 aliphatic heterocycles. The molecule has 278 valence electrons. The molecule has 2 aliphatic rings. The molecule has 0 saturated heterocycles. The first kappa shape index (κ1) is 37.1. The number of para-hydroxylation sites is 4. The van der Waals surface area contributed by atoms with Crippen LogP contribution < -0.4 is 36.6 Å². The zero-order valence-electron chi connectivity index (χ0n) is 34.6. The molecule has 2 nitrogen and oxygen atoms in total. The van der Waals surface area contributed by atoms with Gasteiger partial charge in [0.05, 0.1) is 0 Å². The number of fused-ring (bicyclic) bond motifs is 4. The van der Waals surface area contributed by atoms with Crippen molar-refractivity contribution in [3.63, 3.8) is 0 Å². The highest BCUT2D eigenvalue weighted by Crippen LogP contribution is 2.46. The Morgan fingerprint density at radius 1 is 0.418 bits per heavy atom. The highest BCUT2D eigenvalue weighted by Gasteiger charge is 2.50. The van der Waals surface area contributed by atoms with Crippen molar-refractivity contribution in [2.24, 2.45) is 0 Å². The monoisotopic (exact) mass is 736 g/mol. The second-order valence-corrected chi connectivity index (χ2v) is 22.7. The van der Waals surface area contributed by atoms with Crippen molar-refractivity contribution in [1.82, 2.24) is 0 Å². The maximum absolute atomic E-state index is 2.58. The van der Waals surface area contributed by atoms with E-state index in [1.165, 1.54) is 67.2 Å². The van der Waals surface area contributed by atoms with E-state index >= 15 is 0 Å². The summed E-state index contributed by atoms with van der Waals surface area (Å²) in [6.07, 6.45) is 0. The molecular formula is C51H57BN2Si. The van der Waals surface area contributed by atoms with E-state index in [4.69, 9.17) is 0 Å². The second-order valence-electron chi connectivity index (χ2n) is 17.5. The Hall–Kier alpha value is -4.80.